The van der Waals surface area contributed by atoms with E-state index in [0.717, 1.165) is 109 Å². The second-order valence-electron chi connectivity index (χ2n) is 22.7. The van der Waals surface area contributed by atoms with Crippen molar-refractivity contribution in [2.75, 3.05) is 13.2 Å². The normalized spacial score (nSPS) is 12.7. The molecule has 0 amide bonds. The lowest BCUT2D eigenvalue weighted by Gasteiger charge is -2.18. The Labute approximate surface area is 496 Å². The zero-order chi connectivity index (χ0) is 57.8. The summed E-state index contributed by atoms with van der Waals surface area (Å²) >= 11 is 0. The van der Waals surface area contributed by atoms with Gasteiger partial charge in [0, 0.05) is 19.3 Å². The Balaban J connectivity index is 4.33. The van der Waals surface area contributed by atoms with E-state index < -0.39 is 6.10 Å². The maximum atomic E-state index is 12.9. The summed E-state index contributed by atoms with van der Waals surface area (Å²) < 4.78 is 17.0. The lowest BCUT2D eigenvalue weighted by molar-refractivity contribution is -0.167. The third-order valence-corrected chi connectivity index (χ3v) is 14.8. The zero-order valence-electron chi connectivity index (χ0n) is 52.8. The van der Waals surface area contributed by atoms with Gasteiger partial charge in [-0.15, -0.1) is 0 Å². The fraction of sp³-hybridized carbons (Fsp3) is 0.743. The van der Waals surface area contributed by atoms with Crippen molar-refractivity contribution in [3.05, 3.63) is 97.2 Å². The summed E-state index contributed by atoms with van der Waals surface area (Å²) in [6, 6.07) is 0. The summed E-state index contributed by atoms with van der Waals surface area (Å²) in [7, 11) is 0. The molecule has 0 aliphatic carbocycles. The van der Waals surface area contributed by atoms with Crippen LogP contribution in [0.3, 0.4) is 0 Å². The molecule has 0 saturated heterocycles. The third-order valence-electron chi connectivity index (χ3n) is 14.8. The van der Waals surface area contributed by atoms with Gasteiger partial charge in [0.1, 0.15) is 13.2 Å². The Bertz CT molecular complexity index is 1560. The molecule has 0 aromatic rings. The Morgan fingerprint density at radius 2 is 0.487 bits per heavy atom. The van der Waals surface area contributed by atoms with Gasteiger partial charge in [0.2, 0.25) is 0 Å². The van der Waals surface area contributed by atoms with Crippen LogP contribution in [-0.4, -0.2) is 37.2 Å². The van der Waals surface area contributed by atoms with Crippen molar-refractivity contribution >= 4 is 17.9 Å². The Kier molecular flexibility index (Phi) is 64.7. The molecule has 0 heterocycles. The van der Waals surface area contributed by atoms with Crippen molar-refractivity contribution in [2.45, 2.75) is 341 Å². The van der Waals surface area contributed by atoms with E-state index in [1.165, 1.54) is 186 Å². The first kappa shape index (κ1) is 76.3. The predicted octanol–water partition coefficient (Wildman–Crippen LogP) is 23.6. The molecule has 0 aliphatic heterocycles. The molecule has 0 aromatic heterocycles. The zero-order valence-corrected chi connectivity index (χ0v) is 52.8. The number of rotatable bonds is 62. The quantitative estimate of drug-likeness (QED) is 0.0261. The molecule has 460 valence electrons. The van der Waals surface area contributed by atoms with Crippen LogP contribution in [0.2, 0.25) is 0 Å². The number of esters is 3. The van der Waals surface area contributed by atoms with Crippen LogP contribution in [0.1, 0.15) is 335 Å². The molecule has 0 saturated carbocycles. The Hall–Kier alpha value is -3.67. The number of ether oxygens (including phenoxy) is 3. The minimum absolute atomic E-state index is 0.0818. The molecular weight excluding hydrogens is 985 g/mol. The highest BCUT2D eigenvalue weighted by molar-refractivity contribution is 5.71. The van der Waals surface area contributed by atoms with Gasteiger partial charge < -0.3 is 14.2 Å². The van der Waals surface area contributed by atoms with E-state index in [1.54, 1.807) is 0 Å². The van der Waals surface area contributed by atoms with Gasteiger partial charge in [0.15, 0.2) is 6.10 Å². The van der Waals surface area contributed by atoms with E-state index in [9.17, 15) is 14.4 Å². The summed E-state index contributed by atoms with van der Waals surface area (Å²) in [5.41, 5.74) is 0. The van der Waals surface area contributed by atoms with Crippen LogP contribution in [0, 0.1) is 0 Å². The average Bonchev–Trinajstić information content (AvgIpc) is 3.46. The van der Waals surface area contributed by atoms with Gasteiger partial charge in [-0.1, -0.05) is 291 Å². The van der Waals surface area contributed by atoms with Crippen LogP contribution in [0.5, 0.6) is 0 Å². The molecule has 80 heavy (non-hydrogen) atoms. The summed E-state index contributed by atoms with van der Waals surface area (Å²) in [5.74, 6) is -0.884. The summed E-state index contributed by atoms with van der Waals surface area (Å²) in [4.78, 5) is 38.4. The summed E-state index contributed by atoms with van der Waals surface area (Å²) in [6.07, 6.45) is 91.3. The minimum Gasteiger partial charge on any atom is -0.462 e. The maximum absolute atomic E-state index is 12.9. The molecule has 0 rings (SSSR count). The monoisotopic (exact) mass is 1110 g/mol. The van der Waals surface area contributed by atoms with Gasteiger partial charge in [-0.25, -0.2) is 0 Å². The van der Waals surface area contributed by atoms with E-state index >= 15 is 0 Å². The number of carbonyl (C=O) groups is 3. The van der Waals surface area contributed by atoms with Gasteiger partial charge >= 0.3 is 17.9 Å². The van der Waals surface area contributed by atoms with Crippen molar-refractivity contribution < 1.29 is 28.6 Å². The predicted molar refractivity (Wildman–Crippen MR) is 348 cm³/mol. The van der Waals surface area contributed by atoms with Crippen molar-refractivity contribution in [3.8, 4) is 0 Å². The summed E-state index contributed by atoms with van der Waals surface area (Å²) in [6.45, 7) is 6.51. The van der Waals surface area contributed by atoms with E-state index in [-0.39, 0.29) is 31.1 Å². The number of allylic oxidation sites excluding steroid dienone is 16. The van der Waals surface area contributed by atoms with Gasteiger partial charge in [-0.3, -0.25) is 14.4 Å². The van der Waals surface area contributed by atoms with Crippen molar-refractivity contribution in [3.63, 3.8) is 0 Å². The van der Waals surface area contributed by atoms with Gasteiger partial charge in [-0.2, -0.15) is 0 Å². The van der Waals surface area contributed by atoms with Crippen molar-refractivity contribution in [1.82, 2.24) is 0 Å². The van der Waals surface area contributed by atoms with E-state index in [1.807, 2.05) is 0 Å². The molecule has 1 unspecified atom stereocenters. The lowest BCUT2D eigenvalue weighted by atomic mass is 10.0. The average molecular weight is 1110 g/mol. The van der Waals surface area contributed by atoms with Gasteiger partial charge in [-0.05, 0) is 122 Å². The number of hydrogen-bond acceptors (Lipinski definition) is 6. The first-order valence-electron chi connectivity index (χ1n) is 34.2. The second-order valence-corrected chi connectivity index (χ2v) is 22.7. The molecule has 1 atom stereocenters. The topological polar surface area (TPSA) is 78.9 Å². The molecular formula is C74H128O6. The lowest BCUT2D eigenvalue weighted by Crippen LogP contribution is -2.30. The minimum atomic E-state index is -0.787. The largest absolute Gasteiger partial charge is 0.462 e. The number of carbonyl (C=O) groups excluding carboxylic acids is 3. The number of unbranched alkanes of at least 4 members (excludes halogenated alkanes) is 35. The molecule has 0 bridgehead atoms. The van der Waals surface area contributed by atoms with E-state index in [0.29, 0.717) is 19.3 Å². The summed E-state index contributed by atoms with van der Waals surface area (Å²) in [5, 5.41) is 0. The maximum Gasteiger partial charge on any atom is 0.306 e. The number of hydrogen-bond donors (Lipinski definition) is 0. The van der Waals surface area contributed by atoms with Crippen LogP contribution >= 0.6 is 0 Å². The molecule has 0 aliphatic rings. The van der Waals surface area contributed by atoms with Crippen LogP contribution in [0.25, 0.3) is 0 Å². The highest BCUT2D eigenvalue weighted by atomic mass is 16.6. The molecule has 6 nitrogen and oxygen atoms in total. The standard InChI is InChI=1S/C74H128O6/c1-4-7-10-13-16-19-22-25-28-31-33-34-35-36-37-38-39-40-41-44-46-49-52-55-58-61-64-67-73(76)79-70-71(69-78-72(75)66-63-60-57-54-51-48-45-42-30-27-24-21-18-15-12-9-6-3)80-74(77)68-65-62-59-56-53-50-47-43-32-29-26-23-20-17-14-11-8-5-2/h7,10,16,18-21,23,25,27-30,32-34,71H,4-6,8-9,11-15,17,22,24,26,31,35-70H2,1-3H3/b10-7-,19-16-,21-18-,23-20-,28-25-,30-27-,32-29-,34-33-. The SMILES string of the molecule is CC/C=C\C/C=C\C/C=C\C/C=C\CCCCCCCCCCCCCCCCC(=O)OCC(COC(=O)CCCCCCCCC/C=C\C/C=C\CCCCC)OC(=O)CCCCCCCCC/C=C\C/C=C\CCCCCC. The first-order valence-corrected chi connectivity index (χ1v) is 34.2. The van der Waals surface area contributed by atoms with E-state index in [4.69, 9.17) is 14.2 Å². The smallest absolute Gasteiger partial charge is 0.306 e. The second kappa shape index (κ2) is 67.8. The van der Waals surface area contributed by atoms with Gasteiger partial charge in [0.25, 0.3) is 0 Å². The van der Waals surface area contributed by atoms with E-state index in [2.05, 4.69) is 118 Å². The Morgan fingerprint density at radius 3 is 0.787 bits per heavy atom. The molecule has 0 fully saturated rings. The molecule has 0 N–H and O–H groups in total. The highest BCUT2D eigenvalue weighted by Gasteiger charge is 2.19. The van der Waals surface area contributed by atoms with Crippen molar-refractivity contribution in [1.29, 1.82) is 0 Å². The fourth-order valence-electron chi connectivity index (χ4n) is 9.67. The third kappa shape index (κ3) is 65.1. The molecule has 6 heteroatoms. The van der Waals surface area contributed by atoms with Crippen LogP contribution in [0.4, 0.5) is 0 Å². The van der Waals surface area contributed by atoms with Crippen LogP contribution in [-0.2, 0) is 28.6 Å². The molecule has 0 radical (unpaired) electrons. The highest BCUT2D eigenvalue weighted by Crippen LogP contribution is 2.17. The molecule has 0 aromatic carbocycles. The fourth-order valence-corrected chi connectivity index (χ4v) is 9.67. The van der Waals surface area contributed by atoms with Crippen LogP contribution in [0.15, 0.2) is 97.2 Å². The van der Waals surface area contributed by atoms with Crippen LogP contribution < -0.4 is 0 Å². The van der Waals surface area contributed by atoms with Crippen molar-refractivity contribution in [2.24, 2.45) is 0 Å². The first-order chi connectivity index (χ1) is 39.5. The Morgan fingerprint density at radius 1 is 0.263 bits per heavy atom. The van der Waals surface area contributed by atoms with Gasteiger partial charge in [0.05, 0.1) is 0 Å². The molecule has 0 spiro atoms.